The minimum atomic E-state index is 0.834. The molecule has 0 aromatic heterocycles. The van der Waals surface area contributed by atoms with Crippen LogP contribution in [0.4, 0.5) is 51.2 Å². The van der Waals surface area contributed by atoms with E-state index in [-0.39, 0.29) is 0 Å². The van der Waals surface area contributed by atoms with Gasteiger partial charge in [-0.2, -0.15) is 0 Å². The van der Waals surface area contributed by atoms with E-state index in [1.54, 1.807) is 14.2 Å². The maximum absolute atomic E-state index is 5.27. The molecule has 0 N–H and O–H groups in total. The second kappa shape index (κ2) is 21.0. The Morgan fingerprint density at radius 2 is 0.492 bits per heavy atom. The first-order chi connectivity index (χ1) is 32.0. The molecule has 0 radical (unpaired) electrons. The molecule has 5 nitrogen and oxygen atoms in total. The van der Waals surface area contributed by atoms with E-state index in [0.29, 0.717) is 0 Å². The lowest BCUT2D eigenvalue weighted by molar-refractivity contribution is 0.415. The van der Waals surface area contributed by atoms with Gasteiger partial charge in [-0.15, -0.1) is 0 Å². The van der Waals surface area contributed by atoms with Crippen LogP contribution in [0.2, 0.25) is 0 Å². The summed E-state index contributed by atoms with van der Waals surface area (Å²) in [7, 11) is 3.34. The molecule has 9 aromatic carbocycles. The van der Waals surface area contributed by atoms with E-state index in [1.807, 2.05) is 66.7 Å². The van der Waals surface area contributed by atoms with Gasteiger partial charge in [0.1, 0.15) is 11.5 Å². The van der Waals surface area contributed by atoms with E-state index in [0.717, 1.165) is 73.8 Å². The molecule has 9 aromatic rings. The van der Waals surface area contributed by atoms with Crippen LogP contribution in [-0.4, -0.2) is 14.2 Å². The highest BCUT2D eigenvalue weighted by atomic mass is 16.5. The third kappa shape index (κ3) is 10.4. The average Bonchev–Trinajstić information content (AvgIpc) is 3.39. The highest BCUT2D eigenvalue weighted by Gasteiger charge is 2.15. The van der Waals surface area contributed by atoms with Gasteiger partial charge in [0, 0.05) is 51.2 Å². The zero-order chi connectivity index (χ0) is 44.8. The van der Waals surface area contributed by atoms with Crippen molar-refractivity contribution in [3.05, 3.63) is 261 Å². The molecular formula is C60H51N3O2. The maximum atomic E-state index is 5.27. The lowest BCUT2D eigenvalue weighted by Gasteiger charge is -2.26. The van der Waals surface area contributed by atoms with Crippen molar-refractivity contribution in [3.63, 3.8) is 0 Å². The number of para-hydroxylation sites is 3. The Labute approximate surface area is 383 Å². The van der Waals surface area contributed by atoms with Gasteiger partial charge in [-0.1, -0.05) is 128 Å². The normalized spacial score (nSPS) is 10.4. The quantitative estimate of drug-likeness (QED) is 0.109. The summed E-state index contributed by atoms with van der Waals surface area (Å²) in [4.78, 5) is 6.74. The van der Waals surface area contributed by atoms with E-state index in [1.165, 1.54) is 11.1 Å². The standard InChI is InChI=1S/C38H30N2.C22H21NO2/c1-2-30-18-24-36(25-19-30)40(35-16-10-5-11-17-35)38-28-22-32(23-29-38)31-20-26-37(27-21-31)39(33-12-6-3-7-13-33)34-14-8-4-9-15-34;1-4-17-5-7-18(8-6-17)23(19-9-13-21(24-2)14-10-19)20-11-15-22(25-3)16-12-20/h2-29H,1H2;4-16H,1H2,2-3H3. The van der Waals surface area contributed by atoms with Crippen molar-refractivity contribution >= 4 is 63.3 Å². The van der Waals surface area contributed by atoms with Crippen LogP contribution in [0.3, 0.4) is 0 Å². The summed E-state index contributed by atoms with van der Waals surface area (Å²) in [6.07, 6.45) is 3.71. The molecule has 0 bridgehead atoms. The fraction of sp³-hybridized carbons (Fsp3) is 0.0333. The molecule has 0 unspecified atom stereocenters. The predicted molar refractivity (Wildman–Crippen MR) is 276 cm³/mol. The number of benzene rings is 9. The van der Waals surface area contributed by atoms with Gasteiger partial charge >= 0.3 is 0 Å². The molecule has 0 spiro atoms. The van der Waals surface area contributed by atoms with Gasteiger partial charge in [0.25, 0.3) is 0 Å². The second-order valence-electron chi connectivity index (χ2n) is 15.1. The number of anilines is 9. The minimum Gasteiger partial charge on any atom is -0.497 e. The SMILES string of the molecule is C=Cc1ccc(N(c2ccc(OC)cc2)c2ccc(OC)cc2)cc1.C=Cc1ccc(N(c2ccccc2)c2ccc(-c3ccc(N(c4ccccc4)c4ccccc4)cc3)cc2)cc1. The van der Waals surface area contributed by atoms with E-state index >= 15 is 0 Å². The van der Waals surface area contributed by atoms with Crippen molar-refractivity contribution in [1.82, 2.24) is 0 Å². The van der Waals surface area contributed by atoms with Gasteiger partial charge in [-0.25, -0.2) is 0 Å². The molecule has 65 heavy (non-hydrogen) atoms. The second-order valence-corrected chi connectivity index (χ2v) is 15.1. The third-order valence-electron chi connectivity index (χ3n) is 11.1. The first-order valence-corrected chi connectivity index (χ1v) is 21.5. The van der Waals surface area contributed by atoms with Crippen molar-refractivity contribution in [2.24, 2.45) is 0 Å². The Balaban J connectivity index is 0.000000198. The zero-order valence-electron chi connectivity index (χ0n) is 36.7. The Morgan fingerprint density at radius 3 is 0.723 bits per heavy atom. The van der Waals surface area contributed by atoms with Crippen LogP contribution >= 0.6 is 0 Å². The van der Waals surface area contributed by atoms with Crippen molar-refractivity contribution in [2.45, 2.75) is 0 Å². The molecule has 5 heteroatoms. The highest BCUT2D eigenvalue weighted by molar-refractivity contribution is 5.81. The first-order valence-electron chi connectivity index (χ1n) is 21.5. The average molecular weight is 846 g/mol. The number of rotatable bonds is 14. The minimum absolute atomic E-state index is 0.834. The topological polar surface area (TPSA) is 28.2 Å². The van der Waals surface area contributed by atoms with Crippen molar-refractivity contribution < 1.29 is 9.47 Å². The molecule has 0 aliphatic rings. The summed E-state index contributed by atoms with van der Waals surface area (Å²) in [5, 5.41) is 0. The van der Waals surface area contributed by atoms with Crippen LogP contribution in [0, 0.1) is 0 Å². The number of hydrogen-bond donors (Lipinski definition) is 0. The molecule has 0 atom stereocenters. The number of ether oxygens (including phenoxy) is 2. The van der Waals surface area contributed by atoms with Gasteiger partial charge in [0.05, 0.1) is 14.2 Å². The number of methoxy groups -OCH3 is 2. The van der Waals surface area contributed by atoms with Crippen LogP contribution in [0.5, 0.6) is 11.5 Å². The van der Waals surface area contributed by atoms with Crippen molar-refractivity contribution in [1.29, 1.82) is 0 Å². The van der Waals surface area contributed by atoms with Gasteiger partial charge in [-0.05, 0) is 156 Å². The largest absolute Gasteiger partial charge is 0.497 e. The van der Waals surface area contributed by atoms with E-state index in [4.69, 9.17) is 9.47 Å². The van der Waals surface area contributed by atoms with Crippen LogP contribution in [-0.2, 0) is 0 Å². The molecule has 0 aliphatic heterocycles. The fourth-order valence-corrected chi connectivity index (χ4v) is 7.66. The number of nitrogens with zero attached hydrogens (tertiary/aromatic N) is 3. The summed E-state index contributed by atoms with van der Waals surface area (Å²) in [6.45, 7) is 7.71. The molecule has 0 saturated carbocycles. The first kappa shape index (κ1) is 43.1. The monoisotopic (exact) mass is 845 g/mol. The lowest BCUT2D eigenvalue weighted by atomic mass is 10.0. The van der Waals surface area contributed by atoms with Crippen molar-refractivity contribution in [2.75, 3.05) is 28.9 Å². The van der Waals surface area contributed by atoms with Gasteiger partial charge in [0.15, 0.2) is 0 Å². The van der Waals surface area contributed by atoms with Crippen molar-refractivity contribution in [3.8, 4) is 22.6 Å². The summed E-state index contributed by atoms with van der Waals surface area (Å²) >= 11 is 0. The van der Waals surface area contributed by atoms with Gasteiger partial charge < -0.3 is 24.2 Å². The Kier molecular flexibility index (Phi) is 13.9. The molecule has 0 fully saturated rings. The zero-order valence-corrected chi connectivity index (χ0v) is 36.7. The smallest absolute Gasteiger partial charge is 0.119 e. The predicted octanol–water partition coefficient (Wildman–Crippen LogP) is 16.8. The van der Waals surface area contributed by atoms with Crippen LogP contribution < -0.4 is 24.2 Å². The molecule has 0 amide bonds. The highest BCUT2D eigenvalue weighted by Crippen LogP contribution is 2.39. The van der Waals surface area contributed by atoms with Gasteiger partial charge in [0.2, 0.25) is 0 Å². The fourth-order valence-electron chi connectivity index (χ4n) is 7.66. The van der Waals surface area contributed by atoms with Crippen LogP contribution in [0.25, 0.3) is 23.3 Å². The molecule has 0 saturated heterocycles. The molecular weight excluding hydrogens is 795 g/mol. The third-order valence-corrected chi connectivity index (χ3v) is 11.1. The Morgan fingerprint density at radius 1 is 0.277 bits per heavy atom. The van der Waals surface area contributed by atoms with Gasteiger partial charge in [-0.3, -0.25) is 0 Å². The van der Waals surface area contributed by atoms with Crippen LogP contribution in [0.15, 0.2) is 250 Å². The summed E-state index contributed by atoms with van der Waals surface area (Å²) in [6, 6.07) is 81.8. The van der Waals surface area contributed by atoms with E-state index in [9.17, 15) is 0 Å². The maximum Gasteiger partial charge on any atom is 0.119 e. The Hall–Kier alpha value is -8.54. The lowest BCUT2D eigenvalue weighted by Crippen LogP contribution is -2.09. The van der Waals surface area contributed by atoms with E-state index in [2.05, 4.69) is 210 Å². The van der Waals surface area contributed by atoms with Crippen LogP contribution in [0.1, 0.15) is 11.1 Å². The number of hydrogen-bond acceptors (Lipinski definition) is 5. The molecule has 0 heterocycles. The summed E-state index contributed by atoms with van der Waals surface area (Å²) in [5.74, 6) is 1.67. The molecule has 0 aliphatic carbocycles. The Bertz CT molecular complexity index is 2780. The summed E-state index contributed by atoms with van der Waals surface area (Å²) in [5.41, 5.74) is 14.4. The summed E-state index contributed by atoms with van der Waals surface area (Å²) < 4.78 is 10.5. The van der Waals surface area contributed by atoms with E-state index < -0.39 is 0 Å². The molecule has 318 valence electrons. The molecule has 9 rings (SSSR count).